The summed E-state index contributed by atoms with van der Waals surface area (Å²) in [6.07, 6.45) is 6.39. The molecule has 3 N–H and O–H groups in total. The van der Waals surface area contributed by atoms with Crippen LogP contribution >= 0.6 is 22.9 Å². The quantitative estimate of drug-likeness (QED) is 0.292. The van der Waals surface area contributed by atoms with E-state index in [0.717, 1.165) is 63.0 Å². The van der Waals surface area contributed by atoms with Crippen LogP contribution in [0.5, 0.6) is 11.8 Å². The molecule has 4 aromatic rings. The van der Waals surface area contributed by atoms with Gasteiger partial charge in [0.1, 0.15) is 41.4 Å². The molecule has 9 rings (SSSR count). The molecule has 4 saturated heterocycles. The van der Waals surface area contributed by atoms with Crippen molar-refractivity contribution in [1.82, 2.24) is 20.2 Å². The van der Waals surface area contributed by atoms with E-state index in [1.807, 2.05) is 0 Å². The number of thiophene rings is 1. The maximum atomic E-state index is 17.1. The van der Waals surface area contributed by atoms with Crippen LogP contribution in [0.1, 0.15) is 44.1 Å². The van der Waals surface area contributed by atoms with E-state index in [0.29, 0.717) is 31.0 Å². The molecule has 0 saturated carbocycles. The Hall–Kier alpha value is -3.50. The van der Waals surface area contributed by atoms with E-state index in [2.05, 4.69) is 26.2 Å². The number of benzene rings is 2. The van der Waals surface area contributed by atoms with E-state index in [1.165, 1.54) is 12.1 Å². The topological polar surface area (TPSA) is 113 Å². The van der Waals surface area contributed by atoms with E-state index in [1.54, 1.807) is 0 Å². The van der Waals surface area contributed by atoms with Crippen LogP contribution in [0.25, 0.3) is 32.1 Å². The fourth-order valence-electron chi connectivity index (χ4n) is 8.55. The lowest BCUT2D eigenvalue weighted by Gasteiger charge is -2.40. The molecule has 13 heteroatoms. The number of halogens is 3. The van der Waals surface area contributed by atoms with E-state index in [9.17, 15) is 9.65 Å². The second kappa shape index (κ2) is 10.00. The fourth-order valence-corrected chi connectivity index (χ4v) is 9.84. The average Bonchev–Trinajstić information content (AvgIpc) is 3.78. The van der Waals surface area contributed by atoms with Crippen LogP contribution in [0, 0.1) is 23.0 Å². The summed E-state index contributed by atoms with van der Waals surface area (Å²) in [5, 5.41) is 14.4. The zero-order valence-electron chi connectivity index (χ0n) is 24.3. The molecule has 0 spiro atoms. The minimum atomic E-state index is -0.713. The highest BCUT2D eigenvalue weighted by molar-refractivity contribution is 7.23. The predicted octanol–water partition coefficient (Wildman–Crippen LogP) is 5.61. The average molecular weight is 650 g/mol. The van der Waals surface area contributed by atoms with Crippen molar-refractivity contribution in [3.63, 3.8) is 0 Å². The normalized spacial score (nSPS) is 24.8. The van der Waals surface area contributed by atoms with Gasteiger partial charge in [0.25, 0.3) is 0 Å². The Morgan fingerprint density at radius 2 is 2.02 bits per heavy atom. The van der Waals surface area contributed by atoms with E-state index < -0.39 is 11.6 Å². The van der Waals surface area contributed by atoms with Crippen LogP contribution in [0.3, 0.4) is 0 Å². The number of anilines is 2. The molecule has 2 aromatic heterocycles. The number of piperazine rings is 1. The van der Waals surface area contributed by atoms with Crippen molar-refractivity contribution in [2.75, 3.05) is 43.5 Å². The summed E-state index contributed by atoms with van der Waals surface area (Å²) in [4.78, 5) is 14.3. The van der Waals surface area contributed by atoms with Crippen LogP contribution in [0.2, 0.25) is 5.02 Å². The largest absolute Gasteiger partial charge is 0.489 e. The smallest absolute Gasteiger partial charge is 0.319 e. The Bertz CT molecular complexity index is 1950. The lowest BCUT2D eigenvalue weighted by atomic mass is 9.95. The highest BCUT2D eigenvalue weighted by atomic mass is 35.5. The van der Waals surface area contributed by atoms with Crippen LogP contribution in [-0.4, -0.2) is 71.4 Å². The third-order valence-corrected chi connectivity index (χ3v) is 12.0. The van der Waals surface area contributed by atoms with E-state index in [4.69, 9.17) is 31.8 Å². The summed E-state index contributed by atoms with van der Waals surface area (Å²) in [6.45, 7) is 3.53. The van der Waals surface area contributed by atoms with Crippen molar-refractivity contribution in [2.24, 2.45) is 0 Å². The van der Waals surface area contributed by atoms with E-state index in [-0.39, 0.29) is 77.7 Å². The van der Waals surface area contributed by atoms with Gasteiger partial charge in [-0.15, -0.1) is 11.3 Å². The van der Waals surface area contributed by atoms with Crippen LogP contribution < -0.4 is 25.4 Å². The molecule has 4 fully saturated rings. The molecule has 0 aliphatic carbocycles. The predicted molar refractivity (Wildman–Crippen MR) is 169 cm³/mol. The molecule has 0 radical (unpaired) electrons. The lowest BCUT2D eigenvalue weighted by molar-refractivity contribution is 0.108. The monoisotopic (exact) mass is 649 g/mol. The number of hydrogen-bond donors (Lipinski definition) is 2. The third kappa shape index (κ3) is 3.94. The van der Waals surface area contributed by atoms with Gasteiger partial charge in [-0.1, -0.05) is 17.7 Å². The molecule has 45 heavy (non-hydrogen) atoms. The number of nitrogens with one attached hydrogen (secondary N) is 1. The molecular weight excluding hydrogens is 620 g/mol. The summed E-state index contributed by atoms with van der Waals surface area (Å²) >= 11 is 8.03. The summed E-state index contributed by atoms with van der Waals surface area (Å²) < 4.78 is 45.1. The molecule has 2 unspecified atom stereocenters. The molecule has 5 aliphatic rings. The molecular formula is C32H30ClF2N7O2S. The minimum absolute atomic E-state index is 0.0160. The first-order valence-corrected chi connectivity index (χ1v) is 16.7. The van der Waals surface area contributed by atoms with Crippen molar-refractivity contribution in [2.45, 2.75) is 62.2 Å². The highest BCUT2D eigenvalue weighted by Crippen LogP contribution is 2.52. The molecule has 2 aromatic carbocycles. The number of nitrogens with two attached hydrogens (primary N) is 1. The summed E-state index contributed by atoms with van der Waals surface area (Å²) in [6, 6.07) is 5.27. The van der Waals surface area contributed by atoms with Gasteiger partial charge in [0, 0.05) is 29.6 Å². The zero-order valence-corrected chi connectivity index (χ0v) is 25.9. The molecule has 0 amide bonds. The maximum Gasteiger partial charge on any atom is 0.319 e. The van der Waals surface area contributed by atoms with Gasteiger partial charge in [-0.25, -0.2) is 8.78 Å². The molecule has 9 nitrogen and oxygen atoms in total. The van der Waals surface area contributed by atoms with E-state index >= 15 is 4.39 Å². The lowest BCUT2D eigenvalue weighted by Crippen LogP contribution is -2.60. The standard InChI is InChI=1S/C32H30ClF2N7O2S/c33-24-22(16-4-5-18(34)28-21(16)17(11-36)29(37)45-28)25(35)26-23-27(24)43-13-20-19-6-3-15(38-19)12-42(20)30(23)40-31(39-26)44-14-32-7-1-9-41(32)10-2-8-32/h4-5,15,19-20,38H,1-3,6-10,12-14,37H2/t15?,19?,20-/m1/s1. The van der Waals surface area contributed by atoms with Crippen molar-refractivity contribution in [1.29, 1.82) is 5.26 Å². The molecule has 2 bridgehead atoms. The zero-order chi connectivity index (χ0) is 30.6. The highest BCUT2D eigenvalue weighted by Gasteiger charge is 2.46. The van der Waals surface area contributed by atoms with Crippen LogP contribution in [0.15, 0.2) is 12.1 Å². The van der Waals surface area contributed by atoms with Crippen LogP contribution in [-0.2, 0) is 0 Å². The van der Waals surface area contributed by atoms with Gasteiger partial charge in [-0.3, -0.25) is 4.90 Å². The number of aromatic nitrogens is 2. The Balaban J connectivity index is 1.27. The Morgan fingerprint density at radius 3 is 2.82 bits per heavy atom. The first-order chi connectivity index (χ1) is 21.9. The van der Waals surface area contributed by atoms with Crippen molar-refractivity contribution >= 4 is 54.7 Å². The van der Waals surface area contributed by atoms with Gasteiger partial charge in [-0.05, 0) is 63.2 Å². The SMILES string of the molecule is N#Cc1c(N)sc2c(F)ccc(-c3c(Cl)c4c5c(nc(OCC67CCCN6CCC7)nc5c3F)N3CC5CCC(N5)[C@H]3CO4)c12. The third-order valence-electron chi connectivity index (χ3n) is 10.7. The number of nitrogen functional groups attached to an aromatic ring is 1. The van der Waals surface area contributed by atoms with Crippen molar-refractivity contribution in [3.8, 4) is 29.0 Å². The summed E-state index contributed by atoms with van der Waals surface area (Å²) in [7, 11) is 0. The molecule has 232 valence electrons. The number of hydrogen-bond acceptors (Lipinski definition) is 10. The summed E-state index contributed by atoms with van der Waals surface area (Å²) in [5.74, 6) is -0.446. The Labute approximate surface area is 266 Å². The first-order valence-electron chi connectivity index (χ1n) is 15.5. The van der Waals surface area contributed by atoms with Gasteiger partial charge in [0.15, 0.2) is 11.6 Å². The Morgan fingerprint density at radius 1 is 1.20 bits per heavy atom. The number of nitriles is 1. The second-order valence-electron chi connectivity index (χ2n) is 12.9. The second-order valence-corrected chi connectivity index (χ2v) is 14.4. The molecule has 3 atom stereocenters. The van der Waals surface area contributed by atoms with Crippen molar-refractivity contribution in [3.05, 3.63) is 34.4 Å². The summed E-state index contributed by atoms with van der Waals surface area (Å²) in [5.41, 5.74) is 6.39. The van der Waals surface area contributed by atoms with Gasteiger partial charge in [0.05, 0.1) is 32.3 Å². The molecule has 5 aliphatic heterocycles. The van der Waals surface area contributed by atoms with Crippen molar-refractivity contribution < 1.29 is 18.3 Å². The number of ether oxygens (including phenoxy) is 2. The van der Waals surface area contributed by atoms with Gasteiger partial charge in [-0.2, -0.15) is 15.2 Å². The maximum absolute atomic E-state index is 17.1. The fraction of sp³-hybridized carbons (Fsp3) is 0.469. The van der Waals surface area contributed by atoms with Crippen LogP contribution in [0.4, 0.5) is 19.6 Å². The molecule has 7 heterocycles. The van der Waals surface area contributed by atoms with Gasteiger partial charge in [0.2, 0.25) is 0 Å². The number of fused-ring (bicyclic) bond motifs is 7. The van der Waals surface area contributed by atoms with Gasteiger partial charge >= 0.3 is 6.01 Å². The minimum Gasteiger partial charge on any atom is -0.489 e. The Kier molecular flexibility index (Phi) is 6.17. The van der Waals surface area contributed by atoms with Gasteiger partial charge < -0.3 is 25.4 Å². The first kappa shape index (κ1) is 27.8. The number of rotatable bonds is 4. The number of nitrogens with zero attached hydrogens (tertiary/aromatic N) is 5.